The van der Waals surface area contributed by atoms with Gasteiger partial charge >= 0.3 is 0 Å². The fraction of sp³-hybridized carbons (Fsp3) is 0.500. The Morgan fingerprint density at radius 3 is 2.82 bits per heavy atom. The van der Waals surface area contributed by atoms with Crippen LogP contribution >= 0.6 is 0 Å². The number of hydrogen-bond donors (Lipinski definition) is 0. The summed E-state index contributed by atoms with van der Waals surface area (Å²) in [5, 5.41) is 0. The highest BCUT2D eigenvalue weighted by Crippen LogP contribution is 2.25. The summed E-state index contributed by atoms with van der Waals surface area (Å²) in [5.74, 6) is 0. The number of aromatic nitrogens is 1. The van der Waals surface area contributed by atoms with Crippen molar-refractivity contribution in [2.45, 2.75) is 32.2 Å². The van der Waals surface area contributed by atoms with Crippen LogP contribution in [0.1, 0.15) is 30.9 Å². The number of nitrogens with zero attached hydrogens (tertiary/aromatic N) is 1. The zero-order valence-electron chi connectivity index (χ0n) is 6.96. The van der Waals surface area contributed by atoms with E-state index in [2.05, 4.69) is 36.0 Å². The predicted molar refractivity (Wildman–Crippen MR) is 44.3 cm³/mol. The molecule has 2 rings (SSSR count). The third-order valence-electron chi connectivity index (χ3n) is 2.47. The molecule has 0 spiro atoms. The lowest BCUT2D eigenvalue weighted by Crippen LogP contribution is -2.42. The second-order valence-corrected chi connectivity index (χ2v) is 3.41. The van der Waals surface area contributed by atoms with Crippen molar-refractivity contribution in [2.75, 3.05) is 0 Å². The number of hydrogen-bond acceptors (Lipinski definition) is 0. The molecule has 0 radical (unpaired) electrons. The maximum Gasteiger partial charge on any atom is 0.171 e. The third-order valence-corrected chi connectivity index (χ3v) is 2.47. The van der Waals surface area contributed by atoms with E-state index in [0.29, 0.717) is 0 Å². The Hall–Kier alpha value is -0.850. The third kappa shape index (κ3) is 1.28. The van der Waals surface area contributed by atoms with Gasteiger partial charge in [-0.25, -0.2) is 4.57 Å². The second kappa shape index (κ2) is 2.65. The highest BCUT2D eigenvalue weighted by Gasteiger charge is 2.25. The molecular formula is C10H14N+. The average molecular weight is 148 g/mol. The summed E-state index contributed by atoms with van der Waals surface area (Å²) < 4.78 is 2.35. The van der Waals surface area contributed by atoms with E-state index in [4.69, 9.17) is 0 Å². The molecule has 1 aromatic rings. The molecule has 1 fully saturated rings. The van der Waals surface area contributed by atoms with Crippen molar-refractivity contribution in [3.05, 3.63) is 30.1 Å². The van der Waals surface area contributed by atoms with Crippen LogP contribution in [0.5, 0.6) is 0 Å². The van der Waals surface area contributed by atoms with Crippen molar-refractivity contribution in [2.24, 2.45) is 0 Å². The Labute approximate surface area is 67.7 Å². The molecule has 58 valence electrons. The monoisotopic (exact) mass is 148 g/mol. The molecule has 1 nitrogen and oxygen atoms in total. The van der Waals surface area contributed by atoms with Gasteiger partial charge in [0.05, 0.1) is 0 Å². The normalized spacial score (nSPS) is 17.9. The largest absolute Gasteiger partial charge is 0.202 e. The summed E-state index contributed by atoms with van der Waals surface area (Å²) in [7, 11) is 0. The SMILES string of the molecule is Cc1ccc[n+](C2CCC2)c1. The van der Waals surface area contributed by atoms with Gasteiger partial charge < -0.3 is 0 Å². The maximum atomic E-state index is 2.35. The summed E-state index contributed by atoms with van der Waals surface area (Å²) >= 11 is 0. The lowest BCUT2D eigenvalue weighted by atomic mass is 9.93. The summed E-state index contributed by atoms with van der Waals surface area (Å²) in [6.45, 7) is 2.15. The van der Waals surface area contributed by atoms with Crippen LogP contribution < -0.4 is 4.57 Å². The van der Waals surface area contributed by atoms with Gasteiger partial charge in [-0.3, -0.25) is 0 Å². The van der Waals surface area contributed by atoms with Crippen molar-refractivity contribution in [1.82, 2.24) is 0 Å². The van der Waals surface area contributed by atoms with Crippen LogP contribution in [0.4, 0.5) is 0 Å². The van der Waals surface area contributed by atoms with E-state index < -0.39 is 0 Å². The first-order chi connectivity index (χ1) is 5.36. The number of pyridine rings is 1. The predicted octanol–water partition coefficient (Wildman–Crippen LogP) is 2.01. The van der Waals surface area contributed by atoms with Crippen LogP contribution in [0.3, 0.4) is 0 Å². The maximum absolute atomic E-state index is 2.35. The molecule has 1 heterocycles. The Kier molecular flexibility index (Phi) is 1.65. The Morgan fingerprint density at radius 1 is 1.45 bits per heavy atom. The van der Waals surface area contributed by atoms with Gasteiger partial charge in [-0.15, -0.1) is 0 Å². The molecule has 0 aliphatic heterocycles. The van der Waals surface area contributed by atoms with Crippen LogP contribution in [0, 0.1) is 6.92 Å². The first kappa shape index (κ1) is 6.84. The van der Waals surface area contributed by atoms with Crippen molar-refractivity contribution in [1.29, 1.82) is 0 Å². The highest BCUT2D eigenvalue weighted by molar-refractivity contribution is 5.01. The van der Waals surface area contributed by atoms with E-state index in [0.717, 1.165) is 6.04 Å². The molecule has 1 aliphatic rings. The van der Waals surface area contributed by atoms with Gasteiger partial charge in [-0.1, -0.05) is 0 Å². The van der Waals surface area contributed by atoms with E-state index in [1.54, 1.807) is 0 Å². The molecule has 1 heteroatoms. The first-order valence-electron chi connectivity index (χ1n) is 4.34. The number of rotatable bonds is 1. The van der Waals surface area contributed by atoms with Crippen LogP contribution in [-0.2, 0) is 0 Å². The molecule has 1 aliphatic carbocycles. The van der Waals surface area contributed by atoms with Gasteiger partial charge in [-0.05, 0) is 19.4 Å². The van der Waals surface area contributed by atoms with Gasteiger partial charge in [-0.2, -0.15) is 0 Å². The van der Waals surface area contributed by atoms with Gasteiger partial charge in [0.15, 0.2) is 18.4 Å². The minimum Gasteiger partial charge on any atom is -0.202 e. The van der Waals surface area contributed by atoms with E-state index in [1.165, 1.54) is 24.8 Å². The summed E-state index contributed by atoms with van der Waals surface area (Å²) in [6.07, 6.45) is 8.56. The molecule has 0 aromatic carbocycles. The van der Waals surface area contributed by atoms with Gasteiger partial charge in [0.2, 0.25) is 0 Å². The lowest BCUT2D eigenvalue weighted by Gasteiger charge is -2.19. The first-order valence-corrected chi connectivity index (χ1v) is 4.34. The highest BCUT2D eigenvalue weighted by atomic mass is 15.0. The number of aryl methyl sites for hydroxylation is 1. The molecule has 0 saturated heterocycles. The fourth-order valence-electron chi connectivity index (χ4n) is 1.53. The van der Waals surface area contributed by atoms with Crippen LogP contribution in [-0.4, -0.2) is 0 Å². The van der Waals surface area contributed by atoms with E-state index in [1.807, 2.05) is 0 Å². The van der Waals surface area contributed by atoms with E-state index in [-0.39, 0.29) is 0 Å². The van der Waals surface area contributed by atoms with Crippen LogP contribution in [0.15, 0.2) is 24.5 Å². The van der Waals surface area contributed by atoms with Gasteiger partial charge in [0, 0.05) is 24.5 Å². The Balaban J connectivity index is 2.23. The van der Waals surface area contributed by atoms with Crippen molar-refractivity contribution >= 4 is 0 Å². The van der Waals surface area contributed by atoms with Crippen molar-refractivity contribution < 1.29 is 4.57 Å². The summed E-state index contributed by atoms with van der Waals surface area (Å²) in [5.41, 5.74) is 1.36. The minimum atomic E-state index is 0.801. The average Bonchev–Trinajstić information content (AvgIpc) is 1.83. The molecule has 0 amide bonds. The Morgan fingerprint density at radius 2 is 2.27 bits per heavy atom. The molecule has 1 aromatic heterocycles. The summed E-state index contributed by atoms with van der Waals surface area (Å²) in [4.78, 5) is 0. The molecule has 11 heavy (non-hydrogen) atoms. The fourth-order valence-corrected chi connectivity index (χ4v) is 1.53. The molecule has 0 N–H and O–H groups in total. The topological polar surface area (TPSA) is 3.88 Å². The zero-order valence-corrected chi connectivity index (χ0v) is 6.96. The molecule has 0 atom stereocenters. The summed E-state index contributed by atoms with van der Waals surface area (Å²) in [6, 6.07) is 5.08. The smallest absolute Gasteiger partial charge is 0.171 e. The van der Waals surface area contributed by atoms with Crippen molar-refractivity contribution in [3.63, 3.8) is 0 Å². The molecule has 0 bridgehead atoms. The van der Waals surface area contributed by atoms with E-state index >= 15 is 0 Å². The van der Waals surface area contributed by atoms with Crippen LogP contribution in [0.25, 0.3) is 0 Å². The van der Waals surface area contributed by atoms with Crippen molar-refractivity contribution in [3.8, 4) is 0 Å². The second-order valence-electron chi connectivity index (χ2n) is 3.41. The molecular weight excluding hydrogens is 134 g/mol. The van der Waals surface area contributed by atoms with E-state index in [9.17, 15) is 0 Å². The molecule has 1 saturated carbocycles. The van der Waals surface area contributed by atoms with Crippen LogP contribution in [0.2, 0.25) is 0 Å². The lowest BCUT2D eigenvalue weighted by molar-refractivity contribution is -0.733. The quantitative estimate of drug-likeness (QED) is 0.536. The standard InChI is InChI=1S/C10H14N/c1-9-4-3-7-11(8-9)10-5-2-6-10/h3-4,7-8,10H,2,5-6H2,1H3/q+1. The van der Waals surface area contributed by atoms with Gasteiger partial charge in [0.1, 0.15) is 0 Å². The minimum absolute atomic E-state index is 0.801. The zero-order chi connectivity index (χ0) is 7.68. The Bertz CT molecular complexity index is 251. The molecule has 0 unspecified atom stereocenters. The van der Waals surface area contributed by atoms with Gasteiger partial charge in [0.25, 0.3) is 0 Å².